The van der Waals surface area contributed by atoms with Gasteiger partial charge in [0.1, 0.15) is 0 Å². The average Bonchev–Trinajstić information content (AvgIpc) is 2.13. The van der Waals surface area contributed by atoms with Crippen molar-refractivity contribution in [2.24, 2.45) is 17.8 Å². The molecule has 0 amide bonds. The topological polar surface area (TPSA) is 35.8 Å². The lowest BCUT2D eigenvalue weighted by atomic mass is 9.53. The lowest BCUT2D eigenvalue weighted by Gasteiger charge is -2.57. The summed E-state index contributed by atoms with van der Waals surface area (Å²) in [6.07, 6.45) is 10.1. The molecule has 1 N–H and O–H groups in total. The van der Waals surface area contributed by atoms with E-state index in [4.69, 9.17) is 5.26 Å². The summed E-state index contributed by atoms with van der Waals surface area (Å²) < 4.78 is 0. The zero-order valence-electron chi connectivity index (χ0n) is 10.00. The first-order valence-corrected chi connectivity index (χ1v) is 6.54. The maximum Gasteiger partial charge on any atom is 0.0930 e. The van der Waals surface area contributed by atoms with Crippen LogP contribution in [0.2, 0.25) is 0 Å². The Labute approximate surface area is 97.7 Å². The minimum atomic E-state index is 0.353. The second-order valence-corrected chi connectivity index (χ2v) is 6.28. The van der Waals surface area contributed by atoms with Crippen LogP contribution in [0.4, 0.5) is 0 Å². The van der Waals surface area contributed by atoms with Gasteiger partial charge in [-0.25, -0.2) is 0 Å². The van der Waals surface area contributed by atoms with E-state index in [1.54, 1.807) is 6.08 Å². The van der Waals surface area contributed by atoms with Crippen LogP contribution in [-0.2, 0) is 0 Å². The second-order valence-electron chi connectivity index (χ2n) is 6.28. The van der Waals surface area contributed by atoms with Crippen molar-refractivity contribution >= 4 is 0 Å². The fourth-order valence-electron chi connectivity index (χ4n) is 4.81. The molecule has 0 radical (unpaired) electrons. The van der Waals surface area contributed by atoms with E-state index in [-0.39, 0.29) is 0 Å². The van der Waals surface area contributed by atoms with Gasteiger partial charge in [-0.2, -0.15) is 5.26 Å². The third-order valence-electron chi connectivity index (χ3n) is 4.78. The Hall–Kier alpha value is -0.970. The van der Waals surface area contributed by atoms with Crippen molar-refractivity contribution in [2.75, 3.05) is 0 Å². The van der Waals surface area contributed by atoms with Crippen LogP contribution in [0.15, 0.2) is 11.8 Å². The summed E-state index contributed by atoms with van der Waals surface area (Å²) in [6, 6.07) is 2.13. The number of hydrogen-bond acceptors (Lipinski definition) is 2. The van der Waals surface area contributed by atoms with Gasteiger partial charge in [0.2, 0.25) is 0 Å². The van der Waals surface area contributed by atoms with Crippen LogP contribution in [0.3, 0.4) is 0 Å². The second kappa shape index (κ2) is 3.52. The predicted octanol–water partition coefficient (Wildman–Crippen LogP) is 2.97. The Morgan fingerprint density at radius 2 is 1.69 bits per heavy atom. The third-order valence-corrected chi connectivity index (χ3v) is 4.78. The molecule has 2 heteroatoms. The number of rotatable bonds is 2. The molecule has 2 nitrogen and oxygen atoms in total. The average molecular weight is 216 g/mol. The zero-order valence-corrected chi connectivity index (χ0v) is 10.00. The molecule has 4 aliphatic rings. The van der Waals surface area contributed by atoms with E-state index >= 15 is 0 Å². The molecule has 4 fully saturated rings. The van der Waals surface area contributed by atoms with Gasteiger partial charge < -0.3 is 5.32 Å². The van der Waals surface area contributed by atoms with Crippen LogP contribution in [-0.4, -0.2) is 5.54 Å². The Morgan fingerprint density at radius 3 is 2.12 bits per heavy atom. The molecule has 0 aromatic heterocycles. The van der Waals surface area contributed by atoms with E-state index in [0.29, 0.717) is 5.54 Å². The van der Waals surface area contributed by atoms with Crippen molar-refractivity contribution in [1.82, 2.24) is 5.32 Å². The first-order valence-electron chi connectivity index (χ1n) is 6.54. The lowest BCUT2D eigenvalue weighted by Crippen LogP contribution is -2.57. The van der Waals surface area contributed by atoms with Crippen molar-refractivity contribution in [3.05, 3.63) is 11.8 Å². The maximum atomic E-state index is 8.68. The van der Waals surface area contributed by atoms with Gasteiger partial charge in [-0.3, -0.25) is 0 Å². The largest absolute Gasteiger partial charge is 0.383 e. The van der Waals surface area contributed by atoms with E-state index in [2.05, 4.69) is 11.4 Å². The van der Waals surface area contributed by atoms with E-state index in [1.165, 1.54) is 38.5 Å². The van der Waals surface area contributed by atoms with Crippen molar-refractivity contribution in [3.8, 4) is 6.07 Å². The summed E-state index contributed by atoms with van der Waals surface area (Å²) in [5.74, 6) is 2.90. The predicted molar refractivity (Wildman–Crippen MR) is 63.4 cm³/mol. The van der Waals surface area contributed by atoms with Crippen LogP contribution in [0, 0.1) is 29.1 Å². The first-order chi connectivity index (χ1) is 7.69. The molecular formula is C14H20N2. The molecule has 4 saturated carbocycles. The number of nitrogens with one attached hydrogen (secondary N) is 1. The summed E-state index contributed by atoms with van der Waals surface area (Å²) >= 11 is 0. The first kappa shape index (κ1) is 10.2. The van der Waals surface area contributed by atoms with Gasteiger partial charge in [-0.05, 0) is 63.2 Å². The van der Waals surface area contributed by atoms with Crippen LogP contribution >= 0.6 is 0 Å². The fourth-order valence-corrected chi connectivity index (χ4v) is 4.81. The van der Waals surface area contributed by atoms with Gasteiger partial charge in [0.15, 0.2) is 0 Å². The van der Waals surface area contributed by atoms with E-state index < -0.39 is 0 Å². The summed E-state index contributed by atoms with van der Waals surface area (Å²) in [4.78, 5) is 0. The zero-order chi connectivity index (χ0) is 11.2. The highest BCUT2D eigenvalue weighted by Gasteiger charge is 2.50. The highest BCUT2D eigenvalue weighted by Crippen LogP contribution is 2.55. The molecule has 0 aromatic rings. The molecular weight excluding hydrogens is 196 g/mol. The van der Waals surface area contributed by atoms with Crippen molar-refractivity contribution in [1.29, 1.82) is 5.26 Å². The summed E-state index contributed by atoms with van der Waals surface area (Å²) in [6.45, 7) is 2.03. The Morgan fingerprint density at radius 1 is 1.19 bits per heavy atom. The van der Waals surface area contributed by atoms with E-state index in [1.807, 2.05) is 6.92 Å². The third kappa shape index (κ3) is 1.63. The molecule has 0 aliphatic heterocycles. The molecule has 0 atom stereocenters. The summed E-state index contributed by atoms with van der Waals surface area (Å²) in [7, 11) is 0. The van der Waals surface area contributed by atoms with Gasteiger partial charge in [0, 0.05) is 17.3 Å². The van der Waals surface area contributed by atoms with E-state index in [0.717, 1.165) is 23.5 Å². The SMILES string of the molecule is C/C(=C\C#N)NC12CC3CC(CC(C3)C1)C2. The van der Waals surface area contributed by atoms with Crippen molar-refractivity contribution < 1.29 is 0 Å². The highest BCUT2D eigenvalue weighted by molar-refractivity contribution is 5.16. The monoisotopic (exact) mass is 216 g/mol. The van der Waals surface area contributed by atoms with Gasteiger partial charge in [-0.15, -0.1) is 0 Å². The Kier molecular flexibility index (Phi) is 2.24. The van der Waals surface area contributed by atoms with E-state index in [9.17, 15) is 0 Å². The molecule has 86 valence electrons. The van der Waals surface area contributed by atoms with Crippen LogP contribution < -0.4 is 5.32 Å². The number of allylic oxidation sites excluding steroid dienone is 2. The van der Waals surface area contributed by atoms with Gasteiger partial charge in [0.05, 0.1) is 6.07 Å². The lowest BCUT2D eigenvalue weighted by molar-refractivity contribution is -0.0146. The molecule has 4 rings (SSSR count). The van der Waals surface area contributed by atoms with Gasteiger partial charge in [0.25, 0.3) is 0 Å². The standard InChI is InChI=1S/C14H20N2/c1-10(2-3-15)16-14-7-11-4-12(8-14)6-13(5-11)9-14/h2,11-13,16H,4-9H2,1H3/b10-2+. The Balaban J connectivity index is 1.79. The molecule has 4 aliphatic carbocycles. The van der Waals surface area contributed by atoms with Crippen molar-refractivity contribution in [3.63, 3.8) is 0 Å². The number of nitriles is 1. The summed E-state index contributed by atoms with van der Waals surface area (Å²) in [5.41, 5.74) is 1.41. The molecule has 0 heterocycles. The summed E-state index contributed by atoms with van der Waals surface area (Å²) in [5, 5.41) is 12.3. The number of hydrogen-bond donors (Lipinski definition) is 1. The molecule has 16 heavy (non-hydrogen) atoms. The fraction of sp³-hybridized carbons (Fsp3) is 0.786. The van der Waals surface area contributed by atoms with Crippen LogP contribution in [0.5, 0.6) is 0 Å². The minimum Gasteiger partial charge on any atom is -0.383 e. The molecule has 0 aromatic carbocycles. The molecule has 4 bridgehead atoms. The quantitative estimate of drug-likeness (QED) is 0.720. The molecule has 0 unspecified atom stereocenters. The highest BCUT2D eigenvalue weighted by atomic mass is 15.0. The Bertz CT molecular complexity index is 326. The smallest absolute Gasteiger partial charge is 0.0930 e. The minimum absolute atomic E-state index is 0.353. The van der Waals surface area contributed by atoms with Crippen molar-refractivity contribution in [2.45, 2.75) is 51.0 Å². The van der Waals surface area contributed by atoms with Gasteiger partial charge in [-0.1, -0.05) is 0 Å². The normalized spacial score (nSPS) is 45.5. The number of nitrogens with zero attached hydrogens (tertiary/aromatic N) is 1. The molecule has 0 saturated heterocycles. The van der Waals surface area contributed by atoms with Crippen LogP contribution in [0.25, 0.3) is 0 Å². The molecule has 0 spiro atoms. The van der Waals surface area contributed by atoms with Crippen LogP contribution in [0.1, 0.15) is 45.4 Å². The maximum absolute atomic E-state index is 8.68. The van der Waals surface area contributed by atoms with Gasteiger partial charge >= 0.3 is 0 Å².